The largest absolute Gasteiger partial charge is 0.332 e. The smallest absolute Gasteiger partial charge is 0.325 e. The van der Waals surface area contributed by atoms with E-state index in [4.69, 9.17) is 0 Å². The third-order valence-electron chi connectivity index (χ3n) is 4.69. The van der Waals surface area contributed by atoms with Crippen molar-refractivity contribution in [2.45, 2.75) is 20.0 Å². The summed E-state index contributed by atoms with van der Waals surface area (Å²) in [6.45, 7) is 1.82. The third kappa shape index (κ3) is 3.95. The lowest BCUT2D eigenvalue weighted by Crippen LogP contribution is -2.42. The first-order valence-corrected chi connectivity index (χ1v) is 10.1. The standard InChI is InChI=1S/C22H18FN3O3S/c1-14-3-2-4-15(11-14)12-25-18-9-10-30-20(18)21(28)26(22(25)29)13-19(27)24-17-7-5-16(23)6-8-17/h2-11H,12-13H2,1H3,(H,24,27). The van der Waals surface area contributed by atoms with Crippen LogP contribution in [0.1, 0.15) is 11.1 Å². The number of amides is 1. The molecular weight excluding hydrogens is 405 g/mol. The molecule has 0 spiro atoms. The molecule has 0 saturated heterocycles. The molecule has 30 heavy (non-hydrogen) atoms. The maximum atomic E-state index is 13.1. The van der Waals surface area contributed by atoms with Crippen molar-refractivity contribution in [2.24, 2.45) is 0 Å². The molecule has 1 N–H and O–H groups in total. The number of carbonyl (C=O) groups is 1. The predicted octanol–water partition coefficient (Wildman–Crippen LogP) is 3.36. The quantitative estimate of drug-likeness (QED) is 0.535. The summed E-state index contributed by atoms with van der Waals surface area (Å²) in [7, 11) is 0. The van der Waals surface area contributed by atoms with Gasteiger partial charge in [0.25, 0.3) is 5.56 Å². The van der Waals surface area contributed by atoms with Crippen LogP contribution >= 0.6 is 11.3 Å². The second-order valence-electron chi connectivity index (χ2n) is 6.94. The molecule has 4 aromatic rings. The number of rotatable bonds is 5. The fraction of sp³-hybridized carbons (Fsp3) is 0.136. The molecule has 2 aromatic carbocycles. The highest BCUT2D eigenvalue weighted by atomic mass is 32.1. The predicted molar refractivity (Wildman–Crippen MR) is 116 cm³/mol. The van der Waals surface area contributed by atoms with Gasteiger partial charge in [0.2, 0.25) is 5.91 Å². The van der Waals surface area contributed by atoms with Crippen LogP contribution in [0.3, 0.4) is 0 Å². The molecule has 2 heterocycles. The van der Waals surface area contributed by atoms with E-state index in [2.05, 4.69) is 5.32 Å². The molecule has 0 aliphatic carbocycles. The van der Waals surface area contributed by atoms with E-state index >= 15 is 0 Å². The van der Waals surface area contributed by atoms with E-state index in [0.29, 0.717) is 15.9 Å². The van der Waals surface area contributed by atoms with E-state index < -0.39 is 29.5 Å². The first-order chi connectivity index (χ1) is 14.4. The normalized spacial score (nSPS) is 11.0. The van der Waals surface area contributed by atoms with Crippen molar-refractivity contribution in [3.05, 3.63) is 97.8 Å². The number of hydrogen-bond donors (Lipinski definition) is 1. The van der Waals surface area contributed by atoms with Crippen LogP contribution in [0.25, 0.3) is 10.2 Å². The van der Waals surface area contributed by atoms with Crippen molar-refractivity contribution in [2.75, 3.05) is 5.32 Å². The van der Waals surface area contributed by atoms with Crippen molar-refractivity contribution in [1.29, 1.82) is 0 Å². The average Bonchev–Trinajstić information content (AvgIpc) is 3.20. The Balaban J connectivity index is 1.71. The maximum absolute atomic E-state index is 13.1. The Bertz CT molecular complexity index is 1350. The van der Waals surface area contributed by atoms with E-state index in [1.807, 2.05) is 31.2 Å². The summed E-state index contributed by atoms with van der Waals surface area (Å²) in [5, 5.41) is 4.33. The number of nitrogens with zero attached hydrogens (tertiary/aromatic N) is 2. The number of thiophene rings is 1. The van der Waals surface area contributed by atoms with E-state index in [-0.39, 0.29) is 6.54 Å². The van der Waals surface area contributed by atoms with Crippen molar-refractivity contribution in [3.8, 4) is 0 Å². The molecule has 8 heteroatoms. The van der Waals surface area contributed by atoms with E-state index in [1.165, 1.54) is 40.2 Å². The SMILES string of the molecule is Cc1cccc(Cn2c(=O)n(CC(=O)Nc3ccc(F)cc3)c(=O)c3sccc32)c1. The molecule has 0 bridgehead atoms. The van der Waals surface area contributed by atoms with Crippen LogP contribution in [0.2, 0.25) is 0 Å². The molecule has 0 unspecified atom stereocenters. The van der Waals surface area contributed by atoms with Crippen molar-refractivity contribution in [3.63, 3.8) is 0 Å². The number of fused-ring (bicyclic) bond motifs is 1. The van der Waals surface area contributed by atoms with Gasteiger partial charge >= 0.3 is 5.69 Å². The van der Waals surface area contributed by atoms with Gasteiger partial charge in [0.15, 0.2) is 0 Å². The fourth-order valence-electron chi connectivity index (χ4n) is 3.30. The number of carbonyl (C=O) groups excluding carboxylic acids is 1. The van der Waals surface area contributed by atoms with E-state index in [0.717, 1.165) is 15.7 Å². The van der Waals surface area contributed by atoms with Gasteiger partial charge < -0.3 is 5.32 Å². The van der Waals surface area contributed by atoms with E-state index in [9.17, 15) is 18.8 Å². The minimum absolute atomic E-state index is 0.285. The highest BCUT2D eigenvalue weighted by molar-refractivity contribution is 7.17. The zero-order chi connectivity index (χ0) is 21.3. The Labute approximate surface area is 174 Å². The molecule has 152 valence electrons. The lowest BCUT2D eigenvalue weighted by molar-refractivity contribution is -0.116. The van der Waals surface area contributed by atoms with Gasteiger partial charge in [0.05, 0.1) is 12.1 Å². The molecule has 0 fully saturated rings. The number of benzene rings is 2. The van der Waals surface area contributed by atoms with Crippen molar-refractivity contribution >= 4 is 33.1 Å². The summed E-state index contributed by atoms with van der Waals surface area (Å²) >= 11 is 1.23. The highest BCUT2D eigenvalue weighted by Crippen LogP contribution is 2.17. The average molecular weight is 423 g/mol. The van der Waals surface area contributed by atoms with Gasteiger partial charge in [-0.15, -0.1) is 11.3 Å². The van der Waals surface area contributed by atoms with Gasteiger partial charge in [-0.05, 0) is 48.2 Å². The van der Waals surface area contributed by atoms with Crippen LogP contribution in [0.5, 0.6) is 0 Å². The number of anilines is 1. The highest BCUT2D eigenvalue weighted by Gasteiger charge is 2.17. The van der Waals surface area contributed by atoms with Crippen LogP contribution in [0, 0.1) is 12.7 Å². The molecule has 0 aliphatic heterocycles. The molecule has 0 radical (unpaired) electrons. The van der Waals surface area contributed by atoms with Gasteiger partial charge in [0.1, 0.15) is 17.1 Å². The lowest BCUT2D eigenvalue weighted by Gasteiger charge is -2.13. The summed E-state index contributed by atoms with van der Waals surface area (Å²) in [6.07, 6.45) is 0. The van der Waals surface area contributed by atoms with Crippen LogP contribution in [0.4, 0.5) is 10.1 Å². The molecule has 0 aliphatic rings. The first kappa shape index (κ1) is 19.8. The molecular formula is C22H18FN3O3S. The van der Waals surface area contributed by atoms with Crippen LogP contribution < -0.4 is 16.6 Å². The third-order valence-corrected chi connectivity index (χ3v) is 5.58. The van der Waals surface area contributed by atoms with Gasteiger partial charge in [0, 0.05) is 5.69 Å². The topological polar surface area (TPSA) is 73.1 Å². The van der Waals surface area contributed by atoms with Crippen molar-refractivity contribution < 1.29 is 9.18 Å². The fourth-order valence-corrected chi connectivity index (χ4v) is 4.14. The number of aryl methyl sites for hydroxylation is 1. The van der Waals surface area contributed by atoms with Crippen molar-refractivity contribution in [1.82, 2.24) is 9.13 Å². The number of hydrogen-bond acceptors (Lipinski definition) is 4. The molecule has 6 nitrogen and oxygen atoms in total. The summed E-state index contributed by atoms with van der Waals surface area (Å²) in [4.78, 5) is 38.4. The zero-order valence-corrected chi connectivity index (χ0v) is 16.9. The molecule has 0 atom stereocenters. The Morgan fingerprint density at radius 1 is 1.07 bits per heavy atom. The van der Waals surface area contributed by atoms with Gasteiger partial charge in [-0.3, -0.25) is 14.2 Å². The van der Waals surface area contributed by atoms with Gasteiger partial charge in [-0.1, -0.05) is 29.8 Å². The summed E-state index contributed by atoms with van der Waals surface area (Å²) in [5.74, 6) is -0.967. The van der Waals surface area contributed by atoms with Gasteiger partial charge in [-0.2, -0.15) is 0 Å². The second-order valence-corrected chi connectivity index (χ2v) is 7.86. The molecule has 2 aromatic heterocycles. The first-order valence-electron chi connectivity index (χ1n) is 9.24. The molecule has 1 amide bonds. The van der Waals surface area contributed by atoms with Crippen LogP contribution in [-0.2, 0) is 17.9 Å². The Hall–Kier alpha value is -3.52. The zero-order valence-electron chi connectivity index (χ0n) is 16.1. The Morgan fingerprint density at radius 3 is 2.57 bits per heavy atom. The monoisotopic (exact) mass is 423 g/mol. The number of aromatic nitrogens is 2. The van der Waals surface area contributed by atoms with Gasteiger partial charge in [-0.25, -0.2) is 13.8 Å². The van der Waals surface area contributed by atoms with Crippen LogP contribution in [0.15, 0.2) is 69.6 Å². The lowest BCUT2D eigenvalue weighted by atomic mass is 10.1. The number of nitrogens with one attached hydrogen (secondary N) is 1. The molecule has 4 rings (SSSR count). The minimum atomic E-state index is -0.554. The molecule has 0 saturated carbocycles. The minimum Gasteiger partial charge on any atom is -0.325 e. The van der Waals surface area contributed by atoms with Crippen LogP contribution in [-0.4, -0.2) is 15.0 Å². The summed E-state index contributed by atoms with van der Waals surface area (Å²) in [5.41, 5.74) is 1.86. The van der Waals surface area contributed by atoms with E-state index in [1.54, 1.807) is 11.4 Å². The Kier molecular flexibility index (Phi) is 5.33. The Morgan fingerprint density at radius 2 is 1.83 bits per heavy atom. The second kappa shape index (κ2) is 8.08. The summed E-state index contributed by atoms with van der Waals surface area (Å²) in [6, 6.07) is 14.8. The number of halogens is 1. The summed E-state index contributed by atoms with van der Waals surface area (Å²) < 4.78 is 15.9. The maximum Gasteiger partial charge on any atom is 0.332 e.